The third-order valence-corrected chi connectivity index (χ3v) is 2.40. The molecule has 1 rings (SSSR count). The van der Waals surface area contributed by atoms with Crippen molar-refractivity contribution in [3.8, 4) is 0 Å². The summed E-state index contributed by atoms with van der Waals surface area (Å²) in [4.78, 5) is 18.0. The van der Waals surface area contributed by atoms with Crippen LogP contribution in [0, 0.1) is 12.3 Å². The number of aryl methyl sites for hydroxylation is 1. The molecule has 0 aromatic carbocycles. The second-order valence-electron chi connectivity index (χ2n) is 5.62. The van der Waals surface area contributed by atoms with Crippen molar-refractivity contribution in [1.29, 1.82) is 0 Å². The zero-order chi connectivity index (χ0) is 13.2. The predicted octanol–water partition coefficient (Wildman–Crippen LogP) is 2.09. The highest BCUT2D eigenvalue weighted by molar-refractivity contribution is 5.95. The Morgan fingerprint density at radius 1 is 1.47 bits per heavy atom. The fourth-order valence-electron chi connectivity index (χ4n) is 1.75. The Morgan fingerprint density at radius 3 is 2.59 bits per heavy atom. The first-order valence-corrected chi connectivity index (χ1v) is 5.68. The molecule has 0 aliphatic heterocycles. The predicted molar refractivity (Wildman–Crippen MR) is 69.8 cm³/mol. The summed E-state index contributed by atoms with van der Waals surface area (Å²) in [6, 6.07) is 1.68. The van der Waals surface area contributed by atoms with E-state index in [0.717, 1.165) is 0 Å². The van der Waals surface area contributed by atoms with E-state index in [2.05, 4.69) is 25.8 Å². The molecule has 4 heteroatoms. The molecule has 0 unspecified atom stereocenters. The van der Waals surface area contributed by atoms with Crippen molar-refractivity contribution in [3.63, 3.8) is 0 Å². The van der Waals surface area contributed by atoms with Gasteiger partial charge in [-0.1, -0.05) is 20.8 Å². The molecule has 0 aliphatic rings. The average Bonchev–Trinajstić information content (AvgIpc) is 2.18. The highest BCUT2D eigenvalue weighted by atomic mass is 16.2. The van der Waals surface area contributed by atoms with Crippen molar-refractivity contribution in [2.75, 3.05) is 19.3 Å². The van der Waals surface area contributed by atoms with Crippen molar-refractivity contribution >= 4 is 11.6 Å². The number of hydrogen-bond acceptors (Lipinski definition) is 3. The summed E-state index contributed by atoms with van der Waals surface area (Å²) in [5, 5.41) is 0. The van der Waals surface area contributed by atoms with Crippen LogP contribution in [0.15, 0.2) is 12.3 Å². The Labute approximate surface area is 103 Å². The lowest BCUT2D eigenvalue weighted by molar-refractivity contribution is 0.0744. The summed E-state index contributed by atoms with van der Waals surface area (Å²) in [6.07, 6.45) is 1.57. The molecule has 0 radical (unpaired) electrons. The van der Waals surface area contributed by atoms with E-state index < -0.39 is 0 Å². The second kappa shape index (κ2) is 4.73. The molecule has 1 heterocycles. The molecule has 1 aromatic heterocycles. The Hall–Kier alpha value is -1.58. The molecule has 0 saturated heterocycles. The lowest BCUT2D eigenvalue weighted by Gasteiger charge is -2.27. The Balaban J connectivity index is 2.93. The van der Waals surface area contributed by atoms with Gasteiger partial charge in [-0.2, -0.15) is 0 Å². The number of anilines is 1. The van der Waals surface area contributed by atoms with E-state index in [1.54, 1.807) is 24.2 Å². The van der Waals surface area contributed by atoms with Gasteiger partial charge >= 0.3 is 0 Å². The number of nitrogen functional groups attached to an aromatic ring is 1. The van der Waals surface area contributed by atoms with E-state index >= 15 is 0 Å². The maximum atomic E-state index is 12.2. The van der Waals surface area contributed by atoms with Crippen LogP contribution < -0.4 is 5.73 Å². The molecule has 17 heavy (non-hydrogen) atoms. The van der Waals surface area contributed by atoms with Crippen LogP contribution in [0.3, 0.4) is 0 Å². The SMILES string of the molecule is Cc1ncc(N)cc1C(=O)N(C)CC(C)(C)C. The summed E-state index contributed by atoms with van der Waals surface area (Å²) >= 11 is 0. The van der Waals surface area contributed by atoms with Gasteiger partial charge < -0.3 is 10.6 Å². The third-order valence-electron chi connectivity index (χ3n) is 2.40. The van der Waals surface area contributed by atoms with Crippen LogP contribution in [-0.4, -0.2) is 29.4 Å². The topological polar surface area (TPSA) is 59.2 Å². The third kappa shape index (κ3) is 3.73. The number of amides is 1. The number of rotatable bonds is 2. The maximum Gasteiger partial charge on any atom is 0.255 e. The summed E-state index contributed by atoms with van der Waals surface area (Å²) in [7, 11) is 1.80. The van der Waals surface area contributed by atoms with Crippen LogP contribution in [0.1, 0.15) is 36.8 Å². The van der Waals surface area contributed by atoms with Crippen molar-refractivity contribution in [1.82, 2.24) is 9.88 Å². The van der Waals surface area contributed by atoms with Crippen LogP contribution in [0.25, 0.3) is 0 Å². The molecule has 0 bridgehead atoms. The van der Waals surface area contributed by atoms with E-state index in [1.807, 2.05) is 6.92 Å². The standard InChI is InChI=1S/C13H21N3O/c1-9-11(6-10(14)7-15-9)12(17)16(5)8-13(2,3)4/h6-7H,8,14H2,1-5H3. The van der Waals surface area contributed by atoms with E-state index in [1.165, 1.54) is 0 Å². The number of carbonyl (C=O) groups excluding carboxylic acids is 1. The molecule has 1 amide bonds. The summed E-state index contributed by atoms with van der Waals surface area (Å²) < 4.78 is 0. The quantitative estimate of drug-likeness (QED) is 0.854. The normalized spacial score (nSPS) is 11.4. The highest BCUT2D eigenvalue weighted by Gasteiger charge is 2.20. The average molecular weight is 235 g/mol. The fraction of sp³-hybridized carbons (Fsp3) is 0.538. The van der Waals surface area contributed by atoms with Crippen molar-refractivity contribution < 1.29 is 4.79 Å². The van der Waals surface area contributed by atoms with Crippen LogP contribution in [0.2, 0.25) is 0 Å². The van der Waals surface area contributed by atoms with Gasteiger partial charge in [0.25, 0.3) is 5.91 Å². The minimum atomic E-state index is -0.0303. The van der Waals surface area contributed by atoms with Gasteiger partial charge in [0, 0.05) is 13.6 Å². The molecular weight excluding hydrogens is 214 g/mol. The number of carbonyl (C=O) groups is 1. The number of pyridine rings is 1. The van der Waals surface area contributed by atoms with Gasteiger partial charge in [0.1, 0.15) is 0 Å². The zero-order valence-corrected chi connectivity index (χ0v) is 11.2. The minimum absolute atomic E-state index is 0.0303. The zero-order valence-electron chi connectivity index (χ0n) is 11.2. The van der Waals surface area contributed by atoms with Crippen LogP contribution in [-0.2, 0) is 0 Å². The molecule has 0 fully saturated rings. The molecule has 0 saturated carbocycles. The summed E-state index contributed by atoms with van der Waals surface area (Å²) in [5.74, 6) is -0.0303. The van der Waals surface area contributed by atoms with E-state index in [9.17, 15) is 4.79 Å². The number of hydrogen-bond donors (Lipinski definition) is 1. The van der Waals surface area contributed by atoms with E-state index in [4.69, 9.17) is 5.73 Å². The molecule has 1 aromatic rings. The van der Waals surface area contributed by atoms with Crippen molar-refractivity contribution in [2.45, 2.75) is 27.7 Å². The Kier molecular flexibility index (Phi) is 3.76. The molecule has 0 spiro atoms. The number of aromatic nitrogens is 1. The minimum Gasteiger partial charge on any atom is -0.397 e. The first kappa shape index (κ1) is 13.5. The van der Waals surface area contributed by atoms with Gasteiger partial charge in [-0.05, 0) is 18.4 Å². The van der Waals surface area contributed by atoms with Crippen LogP contribution in [0.4, 0.5) is 5.69 Å². The Bertz CT molecular complexity index is 421. The Morgan fingerprint density at radius 2 is 2.06 bits per heavy atom. The number of nitrogens with zero attached hydrogens (tertiary/aromatic N) is 2. The first-order chi connectivity index (χ1) is 7.70. The lowest BCUT2D eigenvalue weighted by Crippen LogP contribution is -2.35. The van der Waals surface area contributed by atoms with Gasteiger partial charge in [0.05, 0.1) is 23.1 Å². The van der Waals surface area contributed by atoms with E-state index in [0.29, 0.717) is 23.5 Å². The van der Waals surface area contributed by atoms with Crippen molar-refractivity contribution in [2.24, 2.45) is 5.41 Å². The van der Waals surface area contributed by atoms with Crippen LogP contribution in [0.5, 0.6) is 0 Å². The lowest BCUT2D eigenvalue weighted by atomic mass is 9.96. The van der Waals surface area contributed by atoms with Gasteiger partial charge in [0.2, 0.25) is 0 Å². The molecule has 0 atom stereocenters. The van der Waals surface area contributed by atoms with Gasteiger partial charge in [-0.3, -0.25) is 9.78 Å². The molecular formula is C13H21N3O. The van der Waals surface area contributed by atoms with E-state index in [-0.39, 0.29) is 11.3 Å². The first-order valence-electron chi connectivity index (χ1n) is 5.68. The number of nitrogens with two attached hydrogens (primary N) is 1. The van der Waals surface area contributed by atoms with Gasteiger partial charge in [-0.15, -0.1) is 0 Å². The van der Waals surface area contributed by atoms with Gasteiger partial charge in [0.15, 0.2) is 0 Å². The molecule has 0 aliphatic carbocycles. The molecule has 94 valence electrons. The molecule has 4 nitrogen and oxygen atoms in total. The fourth-order valence-corrected chi connectivity index (χ4v) is 1.75. The largest absolute Gasteiger partial charge is 0.397 e. The highest BCUT2D eigenvalue weighted by Crippen LogP contribution is 2.17. The molecule has 2 N–H and O–H groups in total. The van der Waals surface area contributed by atoms with Crippen molar-refractivity contribution in [3.05, 3.63) is 23.5 Å². The summed E-state index contributed by atoms with van der Waals surface area (Å²) in [6.45, 7) is 8.81. The summed E-state index contributed by atoms with van der Waals surface area (Å²) in [5.41, 5.74) is 7.54. The second-order valence-corrected chi connectivity index (χ2v) is 5.62. The smallest absolute Gasteiger partial charge is 0.255 e. The maximum absolute atomic E-state index is 12.2. The van der Waals surface area contributed by atoms with Crippen LogP contribution >= 0.6 is 0 Å². The monoisotopic (exact) mass is 235 g/mol. The van der Waals surface area contributed by atoms with Gasteiger partial charge in [-0.25, -0.2) is 0 Å².